The quantitative estimate of drug-likeness (QED) is 0.801. The molecule has 0 bridgehead atoms. The van der Waals surface area contributed by atoms with Gasteiger partial charge in [0.05, 0.1) is 0 Å². The van der Waals surface area contributed by atoms with Crippen molar-refractivity contribution in [3.05, 3.63) is 40.2 Å². The van der Waals surface area contributed by atoms with E-state index in [1.807, 2.05) is 6.08 Å². The largest absolute Gasteiger partial charge is 0.313 e. The third-order valence-electron chi connectivity index (χ3n) is 2.68. The average Bonchev–Trinajstić information content (AvgIpc) is 2.32. The van der Waals surface area contributed by atoms with E-state index >= 15 is 0 Å². The Morgan fingerprint density at radius 1 is 1.44 bits per heavy atom. The van der Waals surface area contributed by atoms with Crippen LogP contribution in [0.3, 0.4) is 0 Å². The molecule has 1 aromatic rings. The van der Waals surface area contributed by atoms with E-state index in [1.54, 1.807) is 12.1 Å². The van der Waals surface area contributed by atoms with Crippen molar-refractivity contribution in [3.8, 4) is 0 Å². The van der Waals surface area contributed by atoms with Crippen LogP contribution in [0.2, 0.25) is 5.02 Å². The van der Waals surface area contributed by atoms with Crippen LogP contribution in [0.5, 0.6) is 0 Å². The topological polar surface area (TPSA) is 12.0 Å². The molecule has 0 aliphatic rings. The maximum absolute atomic E-state index is 13.6. The normalized spacial score (nSPS) is 12.2. The van der Waals surface area contributed by atoms with E-state index in [1.165, 1.54) is 11.6 Å². The molecule has 0 unspecified atom stereocenters. The molecule has 0 aromatic heterocycles. The Balaban J connectivity index is 2.74. The minimum atomic E-state index is -0.228. The Morgan fingerprint density at radius 3 is 2.78 bits per heavy atom. The van der Waals surface area contributed by atoms with E-state index < -0.39 is 0 Å². The molecular weight excluding hydrogens is 249 g/mol. The van der Waals surface area contributed by atoms with Gasteiger partial charge in [-0.15, -0.1) is 0 Å². The van der Waals surface area contributed by atoms with Gasteiger partial charge < -0.3 is 5.32 Å². The Hall–Kier alpha value is -0.860. The lowest BCUT2D eigenvalue weighted by Crippen LogP contribution is -2.21. The van der Waals surface area contributed by atoms with E-state index in [-0.39, 0.29) is 5.82 Å². The molecule has 100 valence electrons. The van der Waals surface area contributed by atoms with Gasteiger partial charge in [-0.25, -0.2) is 4.39 Å². The molecule has 0 atom stereocenters. The van der Waals surface area contributed by atoms with Crippen LogP contribution in [-0.4, -0.2) is 13.1 Å². The molecule has 3 heteroatoms. The lowest BCUT2D eigenvalue weighted by molar-refractivity contribution is 0.569. The Morgan fingerprint density at radius 2 is 2.17 bits per heavy atom. The van der Waals surface area contributed by atoms with Gasteiger partial charge in [-0.3, -0.25) is 0 Å². The molecule has 18 heavy (non-hydrogen) atoms. The van der Waals surface area contributed by atoms with Crippen molar-refractivity contribution in [2.75, 3.05) is 13.1 Å². The van der Waals surface area contributed by atoms with Crippen LogP contribution in [0.1, 0.15) is 32.8 Å². The van der Waals surface area contributed by atoms with Gasteiger partial charge in [-0.1, -0.05) is 44.0 Å². The molecule has 0 saturated heterocycles. The summed E-state index contributed by atoms with van der Waals surface area (Å²) in [5.41, 5.74) is 1.74. The van der Waals surface area contributed by atoms with Gasteiger partial charge in [-0.05, 0) is 37.1 Å². The second-order valence-corrected chi connectivity index (χ2v) is 5.28. The first-order chi connectivity index (χ1) is 8.52. The summed E-state index contributed by atoms with van der Waals surface area (Å²) in [5.74, 6) is 0.389. The summed E-state index contributed by atoms with van der Waals surface area (Å²) in [5, 5.41) is 3.93. The van der Waals surface area contributed by atoms with Crippen molar-refractivity contribution in [1.82, 2.24) is 5.32 Å². The second kappa shape index (κ2) is 7.55. The van der Waals surface area contributed by atoms with Crippen molar-refractivity contribution in [3.63, 3.8) is 0 Å². The van der Waals surface area contributed by atoms with Crippen LogP contribution >= 0.6 is 11.6 Å². The first-order valence-electron chi connectivity index (χ1n) is 6.38. The van der Waals surface area contributed by atoms with E-state index in [0.717, 1.165) is 19.5 Å². The lowest BCUT2D eigenvalue weighted by Gasteiger charge is -2.10. The van der Waals surface area contributed by atoms with Gasteiger partial charge in [0, 0.05) is 17.1 Å². The molecular formula is C15H21ClFN. The second-order valence-electron chi connectivity index (χ2n) is 4.85. The summed E-state index contributed by atoms with van der Waals surface area (Å²) in [7, 11) is 0. The predicted molar refractivity (Wildman–Crippen MR) is 77.4 cm³/mol. The van der Waals surface area contributed by atoms with Gasteiger partial charge in [-0.2, -0.15) is 0 Å². The Bertz CT molecular complexity index is 413. The maximum Gasteiger partial charge on any atom is 0.130 e. The SMILES string of the molecule is CC/C(=C/c1cc(Cl)ccc1F)CNCC(C)C. The zero-order valence-electron chi connectivity index (χ0n) is 11.3. The number of hydrogen-bond acceptors (Lipinski definition) is 1. The van der Waals surface area contributed by atoms with Crippen molar-refractivity contribution in [2.45, 2.75) is 27.2 Å². The lowest BCUT2D eigenvalue weighted by atomic mass is 10.1. The third-order valence-corrected chi connectivity index (χ3v) is 2.91. The predicted octanol–water partition coefficient (Wildman–Crippen LogP) is 4.52. The molecule has 0 amide bonds. The highest BCUT2D eigenvalue weighted by Gasteiger charge is 2.02. The number of nitrogens with one attached hydrogen (secondary N) is 1. The average molecular weight is 270 g/mol. The zero-order valence-corrected chi connectivity index (χ0v) is 12.0. The number of benzene rings is 1. The fraction of sp³-hybridized carbons (Fsp3) is 0.467. The van der Waals surface area contributed by atoms with E-state index in [4.69, 9.17) is 11.6 Å². The van der Waals surface area contributed by atoms with Gasteiger partial charge >= 0.3 is 0 Å². The molecule has 0 aliphatic heterocycles. The smallest absolute Gasteiger partial charge is 0.130 e. The van der Waals surface area contributed by atoms with Crippen LogP contribution in [0.4, 0.5) is 4.39 Å². The highest BCUT2D eigenvalue weighted by Crippen LogP contribution is 2.18. The van der Waals surface area contributed by atoms with Gasteiger partial charge in [0.15, 0.2) is 0 Å². The maximum atomic E-state index is 13.6. The minimum absolute atomic E-state index is 0.228. The van der Waals surface area contributed by atoms with E-state index in [2.05, 4.69) is 26.1 Å². The van der Waals surface area contributed by atoms with Crippen LogP contribution in [0.25, 0.3) is 6.08 Å². The van der Waals surface area contributed by atoms with Crippen LogP contribution in [0.15, 0.2) is 23.8 Å². The summed E-state index contributed by atoms with van der Waals surface area (Å²) in [6.07, 6.45) is 2.78. The third kappa shape index (κ3) is 5.19. The van der Waals surface area contributed by atoms with E-state index in [0.29, 0.717) is 16.5 Å². The molecule has 1 rings (SSSR count). The zero-order chi connectivity index (χ0) is 13.5. The Kier molecular flexibility index (Phi) is 6.37. The number of hydrogen-bond donors (Lipinski definition) is 1. The molecule has 0 heterocycles. The summed E-state index contributed by atoms with van der Waals surface area (Å²) < 4.78 is 13.6. The summed E-state index contributed by atoms with van der Waals surface area (Å²) in [6.45, 7) is 8.17. The monoisotopic (exact) mass is 269 g/mol. The van der Waals surface area contributed by atoms with Crippen molar-refractivity contribution >= 4 is 17.7 Å². The molecule has 0 saturated carbocycles. The van der Waals surface area contributed by atoms with Gasteiger partial charge in [0.25, 0.3) is 0 Å². The molecule has 0 radical (unpaired) electrons. The Labute approximate surface area is 114 Å². The van der Waals surface area contributed by atoms with Gasteiger partial charge in [0.2, 0.25) is 0 Å². The summed E-state index contributed by atoms with van der Waals surface area (Å²) in [6, 6.07) is 4.63. The van der Waals surface area contributed by atoms with Crippen molar-refractivity contribution in [1.29, 1.82) is 0 Å². The summed E-state index contributed by atoms with van der Waals surface area (Å²) >= 11 is 5.88. The van der Waals surface area contributed by atoms with Gasteiger partial charge in [0.1, 0.15) is 5.82 Å². The van der Waals surface area contributed by atoms with Crippen molar-refractivity contribution < 1.29 is 4.39 Å². The molecule has 1 nitrogen and oxygen atoms in total. The highest BCUT2D eigenvalue weighted by molar-refractivity contribution is 6.30. The van der Waals surface area contributed by atoms with E-state index in [9.17, 15) is 4.39 Å². The number of rotatable bonds is 6. The number of halogens is 2. The van der Waals surface area contributed by atoms with Crippen LogP contribution < -0.4 is 5.32 Å². The highest BCUT2D eigenvalue weighted by atomic mass is 35.5. The minimum Gasteiger partial charge on any atom is -0.313 e. The molecule has 1 N–H and O–H groups in total. The molecule has 0 spiro atoms. The fourth-order valence-electron chi connectivity index (χ4n) is 1.64. The standard InChI is InChI=1S/C15H21ClFN/c1-4-12(10-18-9-11(2)3)7-13-8-14(16)5-6-15(13)17/h5-8,11,18H,4,9-10H2,1-3H3/b12-7-. The molecule has 0 fully saturated rings. The first kappa shape index (κ1) is 15.2. The van der Waals surface area contributed by atoms with Crippen LogP contribution in [-0.2, 0) is 0 Å². The molecule has 0 aliphatic carbocycles. The van der Waals surface area contributed by atoms with Crippen LogP contribution in [0, 0.1) is 11.7 Å². The molecule has 1 aromatic carbocycles. The fourth-order valence-corrected chi connectivity index (χ4v) is 1.83. The first-order valence-corrected chi connectivity index (χ1v) is 6.76. The van der Waals surface area contributed by atoms with Crippen molar-refractivity contribution in [2.24, 2.45) is 5.92 Å². The summed E-state index contributed by atoms with van der Waals surface area (Å²) in [4.78, 5) is 0.